The van der Waals surface area contributed by atoms with Crippen molar-refractivity contribution in [1.29, 1.82) is 0 Å². The minimum atomic E-state index is 0.206. The lowest BCUT2D eigenvalue weighted by molar-refractivity contribution is 0.288. The van der Waals surface area contributed by atoms with E-state index in [0.29, 0.717) is 40.3 Å². The fourth-order valence-corrected chi connectivity index (χ4v) is 4.48. The summed E-state index contributed by atoms with van der Waals surface area (Å²) < 4.78 is 24.9. The SMILES string of the molecule is CCc1ccc(-n2nc(C)c3c(C)cc(OCc4nc(-c5cccc(OC)c5OC)oc4C)nc32)cc1. The van der Waals surface area contributed by atoms with Gasteiger partial charge in [0.2, 0.25) is 11.8 Å². The van der Waals surface area contributed by atoms with Gasteiger partial charge in [-0.2, -0.15) is 10.1 Å². The van der Waals surface area contributed by atoms with Gasteiger partial charge in [-0.1, -0.05) is 25.1 Å². The van der Waals surface area contributed by atoms with Crippen molar-refractivity contribution in [3.05, 3.63) is 76.8 Å². The zero-order valence-corrected chi connectivity index (χ0v) is 22.0. The monoisotopic (exact) mass is 498 g/mol. The number of para-hydroxylation sites is 1. The van der Waals surface area contributed by atoms with Crippen molar-refractivity contribution in [2.24, 2.45) is 0 Å². The molecule has 37 heavy (non-hydrogen) atoms. The third-order valence-electron chi connectivity index (χ3n) is 6.46. The van der Waals surface area contributed by atoms with E-state index in [2.05, 4.69) is 36.2 Å². The van der Waals surface area contributed by atoms with Crippen molar-refractivity contribution >= 4 is 11.0 Å². The van der Waals surface area contributed by atoms with Gasteiger partial charge in [-0.3, -0.25) is 0 Å². The van der Waals surface area contributed by atoms with E-state index >= 15 is 0 Å². The van der Waals surface area contributed by atoms with E-state index in [0.717, 1.165) is 34.4 Å². The molecule has 0 N–H and O–H groups in total. The van der Waals surface area contributed by atoms with Gasteiger partial charge in [0.1, 0.15) is 18.1 Å². The van der Waals surface area contributed by atoms with Gasteiger partial charge in [-0.15, -0.1) is 0 Å². The number of aryl methyl sites for hydroxylation is 4. The maximum atomic E-state index is 6.12. The number of hydrogen-bond donors (Lipinski definition) is 0. The molecule has 0 saturated heterocycles. The average Bonchev–Trinajstić information content (AvgIpc) is 3.46. The molecule has 3 aromatic heterocycles. The van der Waals surface area contributed by atoms with E-state index in [4.69, 9.17) is 28.7 Å². The van der Waals surface area contributed by atoms with Gasteiger partial charge in [0.25, 0.3) is 0 Å². The van der Waals surface area contributed by atoms with E-state index in [1.807, 2.05) is 49.7 Å². The van der Waals surface area contributed by atoms with Gasteiger partial charge in [0.05, 0.1) is 31.2 Å². The third-order valence-corrected chi connectivity index (χ3v) is 6.46. The lowest BCUT2D eigenvalue weighted by Crippen LogP contribution is -2.02. The maximum absolute atomic E-state index is 6.12. The summed E-state index contributed by atoms with van der Waals surface area (Å²) >= 11 is 0. The standard InChI is InChI=1S/C29H30N4O4/c1-7-20-11-13-21(14-12-20)33-28-26(18(3)32-33)17(2)15-25(31-28)36-16-23-19(4)37-29(30-23)22-9-8-10-24(34-5)27(22)35-6/h8-15H,7,16H2,1-6H3. The van der Waals surface area contributed by atoms with Gasteiger partial charge in [0, 0.05) is 11.5 Å². The highest BCUT2D eigenvalue weighted by molar-refractivity contribution is 5.84. The molecule has 0 bridgehead atoms. The van der Waals surface area contributed by atoms with Crippen molar-refractivity contribution in [2.75, 3.05) is 14.2 Å². The first kappa shape index (κ1) is 24.4. The van der Waals surface area contributed by atoms with Crippen LogP contribution in [0.4, 0.5) is 0 Å². The molecule has 0 aliphatic rings. The van der Waals surface area contributed by atoms with E-state index < -0.39 is 0 Å². The van der Waals surface area contributed by atoms with Crippen LogP contribution in [0.2, 0.25) is 0 Å². The second-order valence-electron chi connectivity index (χ2n) is 8.84. The Balaban J connectivity index is 1.45. The summed E-state index contributed by atoms with van der Waals surface area (Å²) in [6.07, 6.45) is 0.988. The summed E-state index contributed by atoms with van der Waals surface area (Å²) in [5, 5.41) is 5.79. The lowest BCUT2D eigenvalue weighted by Gasteiger charge is -2.10. The molecule has 0 fully saturated rings. The molecule has 0 atom stereocenters. The molecular formula is C29H30N4O4. The van der Waals surface area contributed by atoms with Crippen molar-refractivity contribution in [3.63, 3.8) is 0 Å². The molecule has 190 valence electrons. The molecule has 5 aromatic rings. The van der Waals surface area contributed by atoms with Crippen molar-refractivity contribution in [1.82, 2.24) is 19.7 Å². The van der Waals surface area contributed by atoms with Crippen molar-refractivity contribution in [2.45, 2.75) is 40.7 Å². The van der Waals surface area contributed by atoms with Gasteiger partial charge in [0.15, 0.2) is 17.1 Å². The van der Waals surface area contributed by atoms with Gasteiger partial charge >= 0.3 is 0 Å². The molecule has 0 aliphatic carbocycles. The normalized spacial score (nSPS) is 11.2. The minimum absolute atomic E-state index is 0.206. The van der Waals surface area contributed by atoms with E-state index in [1.165, 1.54) is 5.56 Å². The molecular weight excluding hydrogens is 468 g/mol. The van der Waals surface area contributed by atoms with Crippen LogP contribution in [0.25, 0.3) is 28.2 Å². The van der Waals surface area contributed by atoms with Crippen molar-refractivity contribution in [3.8, 4) is 34.5 Å². The highest BCUT2D eigenvalue weighted by Gasteiger charge is 2.20. The van der Waals surface area contributed by atoms with E-state index in [9.17, 15) is 0 Å². The molecule has 0 unspecified atom stereocenters. The summed E-state index contributed by atoms with van der Waals surface area (Å²) in [6.45, 7) is 8.26. The first-order chi connectivity index (χ1) is 17.9. The Hall–Kier alpha value is -4.33. The van der Waals surface area contributed by atoms with Crippen LogP contribution < -0.4 is 14.2 Å². The largest absolute Gasteiger partial charge is 0.493 e. The summed E-state index contributed by atoms with van der Waals surface area (Å²) in [5.41, 5.74) is 6.36. The average molecular weight is 499 g/mol. The van der Waals surface area contributed by atoms with E-state index in [-0.39, 0.29) is 6.61 Å². The Bertz CT molecular complexity index is 1570. The van der Waals surface area contributed by atoms with Gasteiger partial charge in [-0.25, -0.2) is 9.67 Å². The smallest absolute Gasteiger partial charge is 0.230 e. The van der Waals surface area contributed by atoms with Crippen LogP contribution >= 0.6 is 0 Å². The Labute approximate surface area is 215 Å². The highest BCUT2D eigenvalue weighted by Crippen LogP contribution is 2.38. The van der Waals surface area contributed by atoms with Crippen LogP contribution in [0.3, 0.4) is 0 Å². The first-order valence-corrected chi connectivity index (χ1v) is 12.2. The summed E-state index contributed by atoms with van der Waals surface area (Å²) in [6, 6.07) is 15.9. The number of oxazole rings is 1. The van der Waals surface area contributed by atoms with Crippen LogP contribution in [-0.2, 0) is 13.0 Å². The Morgan fingerprint density at radius 3 is 2.43 bits per heavy atom. The number of methoxy groups -OCH3 is 2. The second-order valence-corrected chi connectivity index (χ2v) is 8.84. The second kappa shape index (κ2) is 9.97. The number of rotatable bonds is 8. The summed E-state index contributed by atoms with van der Waals surface area (Å²) in [4.78, 5) is 9.50. The molecule has 3 heterocycles. The highest BCUT2D eigenvalue weighted by atomic mass is 16.5. The molecule has 0 saturated carbocycles. The Morgan fingerprint density at radius 2 is 1.73 bits per heavy atom. The predicted octanol–water partition coefficient (Wildman–Crippen LogP) is 6.16. The number of benzene rings is 2. The van der Waals surface area contributed by atoms with E-state index in [1.54, 1.807) is 14.2 Å². The van der Waals surface area contributed by atoms with Crippen LogP contribution in [0.5, 0.6) is 17.4 Å². The summed E-state index contributed by atoms with van der Waals surface area (Å²) in [7, 11) is 3.19. The van der Waals surface area contributed by atoms with Crippen molar-refractivity contribution < 1.29 is 18.6 Å². The number of hydrogen-bond acceptors (Lipinski definition) is 7. The number of ether oxygens (including phenoxy) is 3. The van der Waals surface area contributed by atoms with Crippen LogP contribution in [0, 0.1) is 20.8 Å². The zero-order valence-electron chi connectivity index (χ0n) is 22.0. The minimum Gasteiger partial charge on any atom is -0.493 e. The first-order valence-electron chi connectivity index (χ1n) is 12.2. The molecule has 5 rings (SSSR count). The number of fused-ring (bicyclic) bond motifs is 1. The maximum Gasteiger partial charge on any atom is 0.230 e. The number of aromatic nitrogens is 4. The summed E-state index contributed by atoms with van der Waals surface area (Å²) in [5.74, 6) is 2.78. The van der Waals surface area contributed by atoms with Crippen LogP contribution in [0.15, 0.2) is 52.9 Å². The Kier molecular flexibility index (Phi) is 6.56. The fraction of sp³-hybridized carbons (Fsp3) is 0.276. The lowest BCUT2D eigenvalue weighted by atomic mass is 10.1. The predicted molar refractivity (Wildman–Crippen MR) is 142 cm³/mol. The van der Waals surface area contributed by atoms with Gasteiger partial charge < -0.3 is 18.6 Å². The molecule has 2 aromatic carbocycles. The van der Waals surface area contributed by atoms with Crippen LogP contribution in [-0.4, -0.2) is 34.0 Å². The quantitative estimate of drug-likeness (QED) is 0.253. The van der Waals surface area contributed by atoms with Gasteiger partial charge in [-0.05, 0) is 62.6 Å². The fourth-order valence-electron chi connectivity index (χ4n) is 4.48. The molecule has 0 aliphatic heterocycles. The van der Waals surface area contributed by atoms with Crippen LogP contribution in [0.1, 0.15) is 35.2 Å². The number of nitrogens with zero attached hydrogens (tertiary/aromatic N) is 4. The third kappa shape index (κ3) is 4.50. The molecule has 8 nitrogen and oxygen atoms in total. The molecule has 0 spiro atoms. The zero-order chi connectivity index (χ0) is 26.1. The molecule has 8 heteroatoms. The topological polar surface area (TPSA) is 84.4 Å². The molecule has 0 radical (unpaired) electrons. The number of pyridine rings is 1. The Morgan fingerprint density at radius 1 is 0.946 bits per heavy atom. The molecule has 0 amide bonds.